The van der Waals surface area contributed by atoms with E-state index in [9.17, 15) is 0 Å². The molecule has 0 radical (unpaired) electrons. The Hall–Kier alpha value is 0. The standard InChI is InChI=1S/C17H32/c1-7-8-12(2)15-10-9-14(15)11-17(6)13(3)16(17,4)5/h12-15H,7-11H2,1-6H3. The third-order valence-corrected chi connectivity index (χ3v) is 7.06. The van der Waals surface area contributed by atoms with Crippen LogP contribution in [0.3, 0.4) is 0 Å². The van der Waals surface area contributed by atoms with Crippen LogP contribution in [0, 0.1) is 34.5 Å². The molecule has 0 spiro atoms. The highest BCUT2D eigenvalue weighted by Crippen LogP contribution is 2.72. The van der Waals surface area contributed by atoms with Gasteiger partial charge in [-0.15, -0.1) is 0 Å². The quantitative estimate of drug-likeness (QED) is 0.589. The Balaban J connectivity index is 1.89. The van der Waals surface area contributed by atoms with Gasteiger partial charge >= 0.3 is 0 Å². The molecule has 0 aromatic rings. The smallest absolute Gasteiger partial charge is 0.0238 e. The van der Waals surface area contributed by atoms with E-state index in [-0.39, 0.29) is 0 Å². The van der Waals surface area contributed by atoms with E-state index in [1.807, 2.05) is 0 Å². The first-order chi connectivity index (χ1) is 7.84. The van der Waals surface area contributed by atoms with Gasteiger partial charge in [0.1, 0.15) is 0 Å². The van der Waals surface area contributed by atoms with Gasteiger partial charge in [-0.3, -0.25) is 0 Å². The average Bonchev–Trinajstić information content (AvgIpc) is 2.58. The zero-order valence-electron chi connectivity index (χ0n) is 12.8. The third kappa shape index (κ3) is 1.96. The minimum Gasteiger partial charge on any atom is -0.0654 e. The first-order valence-electron chi connectivity index (χ1n) is 7.84. The normalized spacial score (nSPS) is 45.2. The molecular formula is C17H32. The van der Waals surface area contributed by atoms with Gasteiger partial charge in [-0.25, -0.2) is 0 Å². The van der Waals surface area contributed by atoms with Gasteiger partial charge in [0, 0.05) is 0 Å². The maximum atomic E-state index is 2.54. The molecule has 0 N–H and O–H groups in total. The Kier molecular flexibility index (Phi) is 3.38. The maximum Gasteiger partial charge on any atom is -0.0238 e. The van der Waals surface area contributed by atoms with Gasteiger partial charge < -0.3 is 0 Å². The van der Waals surface area contributed by atoms with Gasteiger partial charge in [0.2, 0.25) is 0 Å². The average molecular weight is 236 g/mol. The fourth-order valence-electron chi connectivity index (χ4n) is 4.63. The second-order valence-electron chi connectivity index (χ2n) is 7.83. The molecule has 0 saturated heterocycles. The molecule has 0 nitrogen and oxygen atoms in total. The first kappa shape index (κ1) is 13.4. The van der Waals surface area contributed by atoms with E-state index in [2.05, 4.69) is 41.5 Å². The fraction of sp³-hybridized carbons (Fsp3) is 1.00. The predicted octanol–water partition coefficient (Wildman–Crippen LogP) is 5.52. The zero-order chi connectivity index (χ0) is 12.8. The van der Waals surface area contributed by atoms with Gasteiger partial charge in [0.15, 0.2) is 0 Å². The van der Waals surface area contributed by atoms with Crippen molar-refractivity contribution in [2.45, 2.75) is 73.6 Å². The lowest BCUT2D eigenvalue weighted by molar-refractivity contribution is 0.0736. The summed E-state index contributed by atoms with van der Waals surface area (Å²) in [5, 5.41) is 0. The lowest BCUT2D eigenvalue weighted by Gasteiger charge is -2.43. The van der Waals surface area contributed by atoms with Crippen molar-refractivity contribution in [1.82, 2.24) is 0 Å². The lowest BCUT2D eigenvalue weighted by atomic mass is 9.63. The van der Waals surface area contributed by atoms with Crippen molar-refractivity contribution in [2.24, 2.45) is 34.5 Å². The third-order valence-electron chi connectivity index (χ3n) is 7.06. The molecular weight excluding hydrogens is 204 g/mol. The number of hydrogen-bond donors (Lipinski definition) is 0. The molecule has 2 aliphatic carbocycles. The van der Waals surface area contributed by atoms with Crippen LogP contribution in [-0.4, -0.2) is 0 Å². The van der Waals surface area contributed by atoms with Crippen LogP contribution in [-0.2, 0) is 0 Å². The molecule has 0 heterocycles. The summed E-state index contributed by atoms with van der Waals surface area (Å²) >= 11 is 0. The molecule has 2 saturated carbocycles. The molecule has 0 aromatic carbocycles. The van der Waals surface area contributed by atoms with Crippen molar-refractivity contribution >= 4 is 0 Å². The highest BCUT2D eigenvalue weighted by molar-refractivity contribution is 5.13. The SMILES string of the molecule is CCCC(C)C1CCC1CC1(C)C(C)C1(C)C. The van der Waals surface area contributed by atoms with Crippen molar-refractivity contribution in [3.05, 3.63) is 0 Å². The zero-order valence-corrected chi connectivity index (χ0v) is 12.8. The van der Waals surface area contributed by atoms with Crippen molar-refractivity contribution in [3.8, 4) is 0 Å². The van der Waals surface area contributed by atoms with E-state index < -0.39 is 0 Å². The predicted molar refractivity (Wildman–Crippen MR) is 76.0 cm³/mol. The molecule has 2 aliphatic rings. The molecule has 0 aliphatic heterocycles. The van der Waals surface area contributed by atoms with Crippen LogP contribution in [0.1, 0.15) is 73.6 Å². The largest absolute Gasteiger partial charge is 0.0654 e. The van der Waals surface area contributed by atoms with Gasteiger partial charge in [0.05, 0.1) is 0 Å². The summed E-state index contributed by atoms with van der Waals surface area (Å²) < 4.78 is 0. The summed E-state index contributed by atoms with van der Waals surface area (Å²) in [5.74, 6) is 4.00. The topological polar surface area (TPSA) is 0 Å². The van der Waals surface area contributed by atoms with Crippen molar-refractivity contribution in [3.63, 3.8) is 0 Å². The van der Waals surface area contributed by atoms with Gasteiger partial charge in [-0.2, -0.15) is 0 Å². The molecule has 0 amide bonds. The van der Waals surface area contributed by atoms with Crippen LogP contribution in [0.15, 0.2) is 0 Å². The summed E-state index contributed by atoms with van der Waals surface area (Å²) in [7, 11) is 0. The first-order valence-corrected chi connectivity index (χ1v) is 7.84. The Bertz CT molecular complexity index is 278. The van der Waals surface area contributed by atoms with Gasteiger partial charge in [-0.1, -0.05) is 54.4 Å². The van der Waals surface area contributed by atoms with Crippen LogP contribution >= 0.6 is 0 Å². The molecule has 0 bridgehead atoms. The van der Waals surface area contributed by atoms with Crippen LogP contribution < -0.4 is 0 Å². The number of rotatable bonds is 5. The van der Waals surface area contributed by atoms with Gasteiger partial charge in [0.25, 0.3) is 0 Å². The van der Waals surface area contributed by atoms with Crippen LogP contribution in [0.5, 0.6) is 0 Å². The summed E-state index contributed by atoms with van der Waals surface area (Å²) in [6, 6.07) is 0. The van der Waals surface area contributed by atoms with Gasteiger partial charge in [-0.05, 0) is 53.8 Å². The maximum absolute atomic E-state index is 2.54. The van der Waals surface area contributed by atoms with Crippen LogP contribution in [0.2, 0.25) is 0 Å². The highest BCUT2D eigenvalue weighted by Gasteiger charge is 2.65. The van der Waals surface area contributed by atoms with Crippen LogP contribution in [0.4, 0.5) is 0 Å². The molecule has 5 unspecified atom stereocenters. The minimum atomic E-state index is 0.598. The summed E-state index contributed by atoms with van der Waals surface area (Å²) in [4.78, 5) is 0. The van der Waals surface area contributed by atoms with E-state index in [1.54, 1.807) is 0 Å². The Morgan fingerprint density at radius 3 is 2.12 bits per heavy atom. The summed E-state index contributed by atoms with van der Waals surface area (Å²) in [6.45, 7) is 14.8. The Morgan fingerprint density at radius 1 is 1.18 bits per heavy atom. The monoisotopic (exact) mass is 236 g/mol. The van der Waals surface area contributed by atoms with E-state index in [4.69, 9.17) is 0 Å². The van der Waals surface area contributed by atoms with Crippen molar-refractivity contribution in [1.29, 1.82) is 0 Å². The van der Waals surface area contributed by atoms with Crippen molar-refractivity contribution in [2.75, 3.05) is 0 Å². The summed E-state index contributed by atoms with van der Waals surface area (Å²) in [6.07, 6.45) is 7.33. The molecule has 2 fully saturated rings. The van der Waals surface area contributed by atoms with E-state index in [1.165, 1.54) is 32.1 Å². The Morgan fingerprint density at radius 2 is 1.76 bits per heavy atom. The molecule has 17 heavy (non-hydrogen) atoms. The van der Waals surface area contributed by atoms with Crippen molar-refractivity contribution < 1.29 is 0 Å². The van der Waals surface area contributed by atoms with Crippen LogP contribution in [0.25, 0.3) is 0 Å². The van der Waals surface area contributed by atoms with E-state index in [0.29, 0.717) is 10.8 Å². The lowest BCUT2D eigenvalue weighted by Crippen LogP contribution is -2.33. The summed E-state index contributed by atoms with van der Waals surface area (Å²) in [5.41, 5.74) is 1.24. The minimum absolute atomic E-state index is 0.598. The second kappa shape index (κ2) is 4.28. The highest BCUT2D eigenvalue weighted by atomic mass is 14.7. The fourth-order valence-corrected chi connectivity index (χ4v) is 4.63. The Labute approximate surface area is 109 Å². The molecule has 0 aromatic heterocycles. The van der Waals surface area contributed by atoms with E-state index >= 15 is 0 Å². The number of hydrogen-bond acceptors (Lipinski definition) is 0. The second-order valence-corrected chi connectivity index (χ2v) is 7.83. The molecule has 100 valence electrons. The van der Waals surface area contributed by atoms with E-state index in [0.717, 1.165) is 23.7 Å². The molecule has 2 rings (SSSR count). The molecule has 5 atom stereocenters. The molecule has 0 heteroatoms.